The van der Waals surface area contributed by atoms with Crippen LogP contribution in [0.4, 0.5) is 11.5 Å². The molecule has 0 saturated heterocycles. The molecule has 2 rings (SSSR count). The fourth-order valence-corrected chi connectivity index (χ4v) is 1.45. The lowest BCUT2D eigenvalue weighted by atomic mass is 10.3. The highest BCUT2D eigenvalue weighted by Gasteiger charge is 2.02. The summed E-state index contributed by atoms with van der Waals surface area (Å²) >= 11 is 5.76. The number of pyridine rings is 1. The van der Waals surface area contributed by atoms with Crippen molar-refractivity contribution in [2.75, 3.05) is 11.1 Å². The van der Waals surface area contributed by atoms with E-state index in [4.69, 9.17) is 17.3 Å². The van der Waals surface area contributed by atoms with Crippen LogP contribution in [0.1, 0.15) is 11.4 Å². The number of hydrogen-bond acceptors (Lipinski definition) is 5. The van der Waals surface area contributed by atoms with Crippen LogP contribution < -0.4 is 11.1 Å². The summed E-state index contributed by atoms with van der Waals surface area (Å²) in [6, 6.07) is 1.65. The summed E-state index contributed by atoms with van der Waals surface area (Å²) in [5.74, 6) is 0.594. The molecule has 0 aliphatic rings. The highest BCUT2D eigenvalue weighted by molar-refractivity contribution is 6.30. The van der Waals surface area contributed by atoms with Crippen LogP contribution in [0.5, 0.6) is 0 Å². The number of aromatic nitrogens is 3. The summed E-state index contributed by atoms with van der Waals surface area (Å²) in [6.07, 6.45) is 4.98. The van der Waals surface area contributed by atoms with Crippen molar-refractivity contribution in [3.05, 3.63) is 41.1 Å². The third kappa shape index (κ3) is 3.04. The van der Waals surface area contributed by atoms with Gasteiger partial charge in [-0.25, -0.2) is 4.98 Å². The molecule has 2 aromatic rings. The lowest BCUT2D eigenvalue weighted by molar-refractivity contribution is 0.977. The maximum Gasteiger partial charge on any atom is 0.149 e. The van der Waals surface area contributed by atoms with Gasteiger partial charge in [0, 0.05) is 12.4 Å². The van der Waals surface area contributed by atoms with Gasteiger partial charge in [-0.2, -0.15) is 0 Å². The first-order valence-electron chi connectivity index (χ1n) is 5.07. The monoisotopic (exact) mass is 249 g/mol. The second-order valence-electron chi connectivity index (χ2n) is 3.59. The molecule has 0 unspecified atom stereocenters. The largest absolute Gasteiger partial charge is 0.396 e. The molecule has 2 heterocycles. The van der Waals surface area contributed by atoms with Crippen molar-refractivity contribution in [3.8, 4) is 0 Å². The highest BCUT2D eigenvalue weighted by atomic mass is 35.5. The van der Waals surface area contributed by atoms with Gasteiger partial charge in [-0.1, -0.05) is 11.6 Å². The van der Waals surface area contributed by atoms with E-state index in [0.717, 1.165) is 11.4 Å². The molecule has 0 aliphatic carbocycles. The van der Waals surface area contributed by atoms with Crippen molar-refractivity contribution < 1.29 is 0 Å². The fourth-order valence-electron chi connectivity index (χ4n) is 1.29. The van der Waals surface area contributed by atoms with E-state index >= 15 is 0 Å². The molecule has 5 nitrogen and oxygen atoms in total. The van der Waals surface area contributed by atoms with Crippen LogP contribution in [0, 0.1) is 6.92 Å². The van der Waals surface area contributed by atoms with E-state index in [9.17, 15) is 0 Å². The first-order chi connectivity index (χ1) is 8.15. The predicted octanol–water partition coefficient (Wildman–Crippen LogP) is 2.03. The van der Waals surface area contributed by atoms with E-state index in [-0.39, 0.29) is 0 Å². The van der Waals surface area contributed by atoms with Crippen molar-refractivity contribution in [1.82, 2.24) is 15.0 Å². The summed E-state index contributed by atoms with van der Waals surface area (Å²) in [4.78, 5) is 12.5. The smallest absolute Gasteiger partial charge is 0.149 e. The van der Waals surface area contributed by atoms with Crippen molar-refractivity contribution in [2.45, 2.75) is 13.5 Å². The number of aryl methyl sites for hydroxylation is 1. The van der Waals surface area contributed by atoms with Crippen LogP contribution in [0.15, 0.2) is 24.7 Å². The zero-order valence-corrected chi connectivity index (χ0v) is 10.1. The SMILES string of the molecule is Cc1cnc(CNc2ncc(Cl)cc2N)cn1. The topological polar surface area (TPSA) is 76.7 Å². The number of hydrogen-bond donors (Lipinski definition) is 2. The molecule has 0 bridgehead atoms. The maximum absolute atomic E-state index is 5.76. The molecule has 6 heteroatoms. The lowest BCUT2D eigenvalue weighted by Crippen LogP contribution is -2.06. The van der Waals surface area contributed by atoms with E-state index in [1.54, 1.807) is 24.7 Å². The molecule has 17 heavy (non-hydrogen) atoms. The molecule has 0 spiro atoms. The van der Waals surface area contributed by atoms with E-state index in [1.807, 2.05) is 6.92 Å². The van der Waals surface area contributed by atoms with Crippen LogP contribution >= 0.6 is 11.6 Å². The summed E-state index contributed by atoms with van der Waals surface area (Å²) in [5, 5.41) is 3.60. The van der Waals surface area contributed by atoms with Crippen LogP contribution in [0.3, 0.4) is 0 Å². The predicted molar refractivity (Wildman–Crippen MR) is 67.8 cm³/mol. The minimum Gasteiger partial charge on any atom is -0.396 e. The third-order valence-electron chi connectivity index (χ3n) is 2.16. The molecular formula is C11H12ClN5. The second kappa shape index (κ2) is 4.97. The number of nitrogens with one attached hydrogen (secondary N) is 1. The van der Waals surface area contributed by atoms with Crippen molar-refractivity contribution >= 4 is 23.1 Å². The van der Waals surface area contributed by atoms with Gasteiger partial charge < -0.3 is 11.1 Å². The maximum atomic E-state index is 5.76. The Labute approximate surface area is 104 Å². The van der Waals surface area contributed by atoms with Gasteiger partial charge in [0.05, 0.1) is 34.8 Å². The van der Waals surface area contributed by atoms with Gasteiger partial charge in [0.25, 0.3) is 0 Å². The Bertz CT molecular complexity index is 512. The zero-order valence-electron chi connectivity index (χ0n) is 9.31. The van der Waals surface area contributed by atoms with Gasteiger partial charge in [0.1, 0.15) is 5.82 Å². The van der Waals surface area contributed by atoms with Gasteiger partial charge >= 0.3 is 0 Å². The normalized spacial score (nSPS) is 10.2. The molecule has 0 aliphatic heterocycles. The summed E-state index contributed by atoms with van der Waals surface area (Å²) < 4.78 is 0. The van der Waals surface area contributed by atoms with Gasteiger partial charge in [-0.05, 0) is 13.0 Å². The Morgan fingerprint density at radius 1 is 1.24 bits per heavy atom. The average molecular weight is 250 g/mol. The van der Waals surface area contributed by atoms with Crippen LogP contribution in [-0.2, 0) is 6.54 Å². The molecule has 0 saturated carbocycles. The summed E-state index contributed by atoms with van der Waals surface area (Å²) in [5.41, 5.74) is 7.99. The Balaban J connectivity index is 2.04. The molecule has 88 valence electrons. The molecule has 0 amide bonds. The Hall–Kier alpha value is -1.88. The van der Waals surface area contributed by atoms with Crippen LogP contribution in [0.2, 0.25) is 5.02 Å². The number of anilines is 2. The van der Waals surface area contributed by atoms with Gasteiger partial charge in [-0.3, -0.25) is 9.97 Å². The van der Waals surface area contributed by atoms with Crippen LogP contribution in [-0.4, -0.2) is 15.0 Å². The number of rotatable bonds is 3. The number of nitrogens with zero attached hydrogens (tertiary/aromatic N) is 3. The van der Waals surface area contributed by atoms with Gasteiger partial charge in [-0.15, -0.1) is 0 Å². The number of halogens is 1. The van der Waals surface area contributed by atoms with Crippen molar-refractivity contribution in [2.24, 2.45) is 0 Å². The van der Waals surface area contributed by atoms with Gasteiger partial charge in [0.2, 0.25) is 0 Å². The first kappa shape index (κ1) is 11.6. The van der Waals surface area contributed by atoms with E-state index < -0.39 is 0 Å². The molecule has 2 aromatic heterocycles. The van der Waals surface area contributed by atoms with E-state index in [2.05, 4.69) is 20.3 Å². The third-order valence-corrected chi connectivity index (χ3v) is 2.36. The zero-order chi connectivity index (χ0) is 12.3. The minimum atomic E-state index is 0.512. The summed E-state index contributed by atoms with van der Waals surface area (Å²) in [7, 11) is 0. The standard InChI is InChI=1S/C11H12ClN5/c1-7-3-15-9(5-14-7)6-17-11-10(13)2-8(12)4-16-11/h2-5H,6,13H2,1H3,(H,16,17). The van der Waals surface area contributed by atoms with Crippen LogP contribution in [0.25, 0.3) is 0 Å². The quantitative estimate of drug-likeness (QED) is 0.870. The Morgan fingerprint density at radius 2 is 2.06 bits per heavy atom. The molecule has 0 radical (unpaired) electrons. The van der Waals surface area contributed by atoms with Crippen molar-refractivity contribution in [3.63, 3.8) is 0 Å². The minimum absolute atomic E-state index is 0.512. The van der Waals surface area contributed by atoms with Gasteiger partial charge in [0.15, 0.2) is 0 Å². The molecular weight excluding hydrogens is 238 g/mol. The molecule has 0 fully saturated rings. The summed E-state index contributed by atoms with van der Waals surface area (Å²) in [6.45, 7) is 2.41. The Morgan fingerprint density at radius 3 is 2.71 bits per heavy atom. The molecule has 3 N–H and O–H groups in total. The second-order valence-corrected chi connectivity index (χ2v) is 4.03. The first-order valence-corrected chi connectivity index (χ1v) is 5.45. The Kier molecular flexibility index (Phi) is 3.39. The van der Waals surface area contributed by atoms with Crippen molar-refractivity contribution in [1.29, 1.82) is 0 Å². The number of nitrogens with two attached hydrogens (primary N) is 1. The fraction of sp³-hybridized carbons (Fsp3) is 0.182. The van der Waals surface area contributed by atoms with E-state index in [0.29, 0.717) is 23.1 Å². The lowest BCUT2D eigenvalue weighted by Gasteiger charge is -2.07. The average Bonchev–Trinajstić information content (AvgIpc) is 2.30. The van der Waals surface area contributed by atoms with E-state index in [1.165, 1.54) is 0 Å². The number of nitrogen functional groups attached to an aromatic ring is 1. The highest BCUT2D eigenvalue weighted by Crippen LogP contribution is 2.19. The molecule has 0 aromatic carbocycles. The molecule has 0 atom stereocenters.